The Morgan fingerprint density at radius 1 is 1.53 bits per heavy atom. The lowest BCUT2D eigenvalue weighted by atomic mass is 10.0. The van der Waals surface area contributed by atoms with Crippen LogP contribution in [0.1, 0.15) is 32.1 Å². The molecular formula is C11H18ClNO2. The van der Waals surface area contributed by atoms with Crippen molar-refractivity contribution in [3.63, 3.8) is 0 Å². The lowest BCUT2D eigenvalue weighted by Gasteiger charge is -2.22. The largest absolute Gasteiger partial charge is 0.378 e. The summed E-state index contributed by atoms with van der Waals surface area (Å²) in [5.41, 5.74) is 0. The molecule has 0 aliphatic carbocycles. The molecule has 0 aromatic carbocycles. The fourth-order valence-corrected chi connectivity index (χ4v) is 1.68. The maximum absolute atomic E-state index is 11.3. The minimum atomic E-state index is 0.0194. The van der Waals surface area contributed by atoms with Crippen molar-refractivity contribution in [2.45, 2.75) is 38.2 Å². The molecule has 1 N–H and O–H groups in total. The maximum atomic E-state index is 11.3. The third-order valence-electron chi connectivity index (χ3n) is 2.44. The Labute approximate surface area is 95.8 Å². The highest BCUT2D eigenvalue weighted by Crippen LogP contribution is 2.16. The highest BCUT2D eigenvalue weighted by molar-refractivity contribution is 6.29. The first-order valence-corrected chi connectivity index (χ1v) is 5.78. The molecule has 1 amide bonds. The van der Waals surface area contributed by atoms with E-state index >= 15 is 0 Å². The summed E-state index contributed by atoms with van der Waals surface area (Å²) in [5.74, 6) is 0.0194. The molecule has 0 saturated carbocycles. The maximum Gasteiger partial charge on any atom is 0.220 e. The van der Waals surface area contributed by atoms with Crippen LogP contribution in [0.3, 0.4) is 0 Å². The SMILES string of the molecule is C=C(Cl)CNC(=O)CCC1CCCCO1. The summed E-state index contributed by atoms with van der Waals surface area (Å²) in [6.07, 6.45) is 5.02. The fourth-order valence-electron chi connectivity index (χ4n) is 1.61. The number of halogens is 1. The number of carbonyl (C=O) groups is 1. The predicted octanol–water partition coefficient (Wildman–Crippen LogP) is 2.20. The molecule has 1 saturated heterocycles. The lowest BCUT2D eigenvalue weighted by Crippen LogP contribution is -2.27. The zero-order chi connectivity index (χ0) is 11.1. The first kappa shape index (κ1) is 12.5. The van der Waals surface area contributed by atoms with Gasteiger partial charge in [-0.3, -0.25) is 4.79 Å². The first-order chi connectivity index (χ1) is 7.18. The number of ether oxygens (including phenoxy) is 1. The second-order valence-electron chi connectivity index (χ2n) is 3.82. The molecule has 3 nitrogen and oxygen atoms in total. The zero-order valence-corrected chi connectivity index (χ0v) is 9.68. The van der Waals surface area contributed by atoms with Crippen molar-refractivity contribution in [1.29, 1.82) is 0 Å². The van der Waals surface area contributed by atoms with E-state index in [-0.39, 0.29) is 12.0 Å². The van der Waals surface area contributed by atoms with Gasteiger partial charge in [0.25, 0.3) is 0 Å². The van der Waals surface area contributed by atoms with Crippen molar-refractivity contribution >= 4 is 17.5 Å². The Balaban J connectivity index is 2.07. The molecule has 1 aliphatic heterocycles. The number of amides is 1. The summed E-state index contributed by atoms with van der Waals surface area (Å²) >= 11 is 5.54. The molecule has 0 radical (unpaired) electrons. The Hall–Kier alpha value is -0.540. The molecule has 1 heterocycles. The third kappa shape index (κ3) is 5.80. The van der Waals surface area contributed by atoms with Gasteiger partial charge in [0.1, 0.15) is 0 Å². The molecule has 1 aliphatic rings. The molecule has 1 unspecified atom stereocenters. The van der Waals surface area contributed by atoms with Crippen LogP contribution in [-0.2, 0) is 9.53 Å². The van der Waals surface area contributed by atoms with Gasteiger partial charge in [-0.15, -0.1) is 0 Å². The van der Waals surface area contributed by atoms with E-state index in [1.54, 1.807) is 0 Å². The van der Waals surface area contributed by atoms with Crippen LogP contribution < -0.4 is 5.32 Å². The van der Waals surface area contributed by atoms with Crippen LogP contribution >= 0.6 is 11.6 Å². The van der Waals surface area contributed by atoms with E-state index in [2.05, 4.69) is 11.9 Å². The molecule has 0 aromatic rings. The number of carbonyl (C=O) groups excluding carboxylic acids is 1. The molecule has 1 atom stereocenters. The normalized spacial score (nSPS) is 21.0. The minimum Gasteiger partial charge on any atom is -0.378 e. The van der Waals surface area contributed by atoms with Crippen LogP contribution in [0.5, 0.6) is 0 Å². The topological polar surface area (TPSA) is 38.3 Å². The van der Waals surface area contributed by atoms with Crippen molar-refractivity contribution in [2.75, 3.05) is 13.2 Å². The summed E-state index contributed by atoms with van der Waals surface area (Å²) in [6, 6.07) is 0. The monoisotopic (exact) mass is 231 g/mol. The molecule has 1 fully saturated rings. The Kier molecular flexibility index (Phi) is 5.73. The van der Waals surface area contributed by atoms with Crippen molar-refractivity contribution in [1.82, 2.24) is 5.32 Å². The van der Waals surface area contributed by atoms with Crippen LogP contribution in [-0.4, -0.2) is 25.2 Å². The third-order valence-corrected chi connectivity index (χ3v) is 2.58. The Morgan fingerprint density at radius 2 is 2.33 bits per heavy atom. The second kappa shape index (κ2) is 6.85. The van der Waals surface area contributed by atoms with Crippen molar-refractivity contribution in [3.8, 4) is 0 Å². The number of rotatable bonds is 5. The van der Waals surface area contributed by atoms with Gasteiger partial charge in [0.15, 0.2) is 0 Å². The molecule has 0 spiro atoms. The highest BCUT2D eigenvalue weighted by atomic mass is 35.5. The quantitative estimate of drug-likeness (QED) is 0.788. The summed E-state index contributed by atoms with van der Waals surface area (Å²) in [4.78, 5) is 11.3. The van der Waals surface area contributed by atoms with Crippen LogP contribution in [0.2, 0.25) is 0 Å². The Bertz CT molecular complexity index is 225. The van der Waals surface area contributed by atoms with E-state index in [4.69, 9.17) is 16.3 Å². The summed E-state index contributed by atoms with van der Waals surface area (Å²) in [6.45, 7) is 4.69. The van der Waals surface area contributed by atoms with Crippen LogP contribution in [0.15, 0.2) is 11.6 Å². The van der Waals surface area contributed by atoms with Gasteiger partial charge in [0.05, 0.1) is 12.6 Å². The van der Waals surface area contributed by atoms with Crippen LogP contribution in [0, 0.1) is 0 Å². The van der Waals surface area contributed by atoms with Gasteiger partial charge >= 0.3 is 0 Å². The molecular weight excluding hydrogens is 214 g/mol. The highest BCUT2D eigenvalue weighted by Gasteiger charge is 2.14. The van der Waals surface area contributed by atoms with Gasteiger partial charge in [0.2, 0.25) is 5.91 Å². The van der Waals surface area contributed by atoms with Gasteiger partial charge in [-0.2, -0.15) is 0 Å². The van der Waals surface area contributed by atoms with E-state index in [0.717, 1.165) is 25.9 Å². The minimum absolute atomic E-state index is 0.0194. The van der Waals surface area contributed by atoms with Gasteiger partial charge in [-0.25, -0.2) is 0 Å². The van der Waals surface area contributed by atoms with Gasteiger partial charge in [-0.1, -0.05) is 18.2 Å². The smallest absolute Gasteiger partial charge is 0.220 e. The van der Waals surface area contributed by atoms with Crippen LogP contribution in [0.25, 0.3) is 0 Å². The molecule has 15 heavy (non-hydrogen) atoms. The summed E-state index contributed by atoms with van der Waals surface area (Å²) in [7, 11) is 0. The average molecular weight is 232 g/mol. The number of hydrogen-bond acceptors (Lipinski definition) is 2. The van der Waals surface area contributed by atoms with Crippen LogP contribution in [0.4, 0.5) is 0 Å². The first-order valence-electron chi connectivity index (χ1n) is 5.40. The van der Waals surface area contributed by atoms with E-state index in [0.29, 0.717) is 18.0 Å². The second-order valence-corrected chi connectivity index (χ2v) is 4.36. The number of hydrogen-bond donors (Lipinski definition) is 1. The van der Waals surface area contributed by atoms with Gasteiger partial charge < -0.3 is 10.1 Å². The zero-order valence-electron chi connectivity index (χ0n) is 8.93. The van der Waals surface area contributed by atoms with Crippen molar-refractivity contribution in [3.05, 3.63) is 11.6 Å². The fraction of sp³-hybridized carbons (Fsp3) is 0.727. The van der Waals surface area contributed by atoms with E-state index in [1.165, 1.54) is 6.42 Å². The summed E-state index contributed by atoms with van der Waals surface area (Å²) < 4.78 is 5.53. The van der Waals surface area contributed by atoms with Gasteiger partial charge in [-0.05, 0) is 25.7 Å². The molecule has 4 heteroatoms. The molecule has 0 bridgehead atoms. The van der Waals surface area contributed by atoms with E-state index in [9.17, 15) is 4.79 Å². The van der Waals surface area contributed by atoms with E-state index < -0.39 is 0 Å². The Morgan fingerprint density at radius 3 is 2.93 bits per heavy atom. The number of nitrogens with one attached hydrogen (secondary N) is 1. The lowest BCUT2D eigenvalue weighted by molar-refractivity contribution is -0.121. The molecule has 1 rings (SSSR count). The standard InChI is InChI=1S/C11H18ClNO2/c1-9(12)8-13-11(14)6-5-10-4-2-3-7-15-10/h10H,1-8H2,(H,13,14). The van der Waals surface area contributed by atoms with Crippen molar-refractivity contribution in [2.24, 2.45) is 0 Å². The van der Waals surface area contributed by atoms with E-state index in [1.807, 2.05) is 0 Å². The average Bonchev–Trinajstić information content (AvgIpc) is 2.25. The molecule has 0 aromatic heterocycles. The molecule has 86 valence electrons. The predicted molar refractivity (Wildman–Crippen MR) is 60.8 cm³/mol. The summed E-state index contributed by atoms with van der Waals surface area (Å²) in [5, 5.41) is 3.15. The van der Waals surface area contributed by atoms with Crippen molar-refractivity contribution < 1.29 is 9.53 Å². The van der Waals surface area contributed by atoms with Gasteiger partial charge in [0, 0.05) is 18.1 Å².